The number of hydrogen-bond acceptors (Lipinski definition) is 5. The first-order chi connectivity index (χ1) is 9.69. The summed E-state index contributed by atoms with van der Waals surface area (Å²) in [5.74, 6) is 1.43. The first-order valence-electron chi connectivity index (χ1n) is 6.75. The van der Waals surface area contributed by atoms with E-state index >= 15 is 0 Å². The molecule has 0 spiro atoms. The number of piperidine rings is 1. The molecular weight excluding hydrogens is 256 g/mol. The lowest BCUT2D eigenvalue weighted by atomic mass is 9.96. The molecule has 1 aliphatic rings. The zero-order chi connectivity index (χ0) is 14.1. The third kappa shape index (κ3) is 2.15. The number of amides is 1. The Kier molecular flexibility index (Phi) is 3.17. The van der Waals surface area contributed by atoms with Gasteiger partial charge in [-0.1, -0.05) is 0 Å². The zero-order valence-corrected chi connectivity index (χ0v) is 11.4. The van der Waals surface area contributed by atoms with Gasteiger partial charge in [0.05, 0.1) is 6.20 Å². The van der Waals surface area contributed by atoms with E-state index in [1.165, 1.54) is 0 Å². The average molecular weight is 274 g/mol. The third-order valence-electron chi connectivity index (χ3n) is 3.81. The molecular formula is C13H18N6O. The molecule has 3 rings (SSSR count). The molecule has 1 saturated heterocycles. The Morgan fingerprint density at radius 1 is 1.45 bits per heavy atom. The molecule has 2 aromatic heterocycles. The van der Waals surface area contributed by atoms with Crippen molar-refractivity contribution >= 4 is 23.2 Å². The Morgan fingerprint density at radius 2 is 2.20 bits per heavy atom. The average Bonchev–Trinajstić information content (AvgIpc) is 2.94. The van der Waals surface area contributed by atoms with Gasteiger partial charge < -0.3 is 20.4 Å². The standard InChI is InChI=1S/C13H18N6O/c1-15-10-8-19-7-4-16-12(19)13(17-10)18-5-2-9(3-6-18)11(14)20/h4,7-9,15H,2-3,5-6H2,1H3,(H2,14,20). The minimum atomic E-state index is -0.201. The van der Waals surface area contributed by atoms with Crippen LogP contribution in [0.15, 0.2) is 18.6 Å². The van der Waals surface area contributed by atoms with Crippen molar-refractivity contribution in [3.8, 4) is 0 Å². The Balaban J connectivity index is 1.90. The number of aromatic nitrogens is 3. The second-order valence-electron chi connectivity index (χ2n) is 5.02. The van der Waals surface area contributed by atoms with Crippen LogP contribution in [0.2, 0.25) is 0 Å². The van der Waals surface area contributed by atoms with Crippen molar-refractivity contribution < 1.29 is 4.79 Å². The minimum Gasteiger partial charge on any atom is -0.372 e. The fourth-order valence-electron chi connectivity index (χ4n) is 2.62. The van der Waals surface area contributed by atoms with E-state index in [4.69, 9.17) is 5.73 Å². The van der Waals surface area contributed by atoms with Gasteiger partial charge >= 0.3 is 0 Å². The molecule has 106 valence electrons. The first-order valence-corrected chi connectivity index (χ1v) is 6.75. The molecule has 20 heavy (non-hydrogen) atoms. The van der Waals surface area contributed by atoms with Crippen LogP contribution in [0.25, 0.3) is 5.65 Å². The number of nitrogens with one attached hydrogen (secondary N) is 1. The van der Waals surface area contributed by atoms with Crippen molar-refractivity contribution in [3.63, 3.8) is 0 Å². The fraction of sp³-hybridized carbons (Fsp3) is 0.462. The van der Waals surface area contributed by atoms with E-state index < -0.39 is 0 Å². The van der Waals surface area contributed by atoms with Crippen molar-refractivity contribution in [2.45, 2.75) is 12.8 Å². The number of hydrogen-bond donors (Lipinski definition) is 2. The largest absolute Gasteiger partial charge is 0.372 e. The summed E-state index contributed by atoms with van der Waals surface area (Å²) in [5.41, 5.74) is 6.21. The van der Waals surface area contributed by atoms with Crippen LogP contribution in [0, 0.1) is 5.92 Å². The Bertz CT molecular complexity index is 629. The molecule has 0 atom stereocenters. The quantitative estimate of drug-likeness (QED) is 0.849. The molecule has 0 unspecified atom stereocenters. The molecule has 1 aliphatic heterocycles. The van der Waals surface area contributed by atoms with Crippen molar-refractivity contribution in [2.75, 3.05) is 30.4 Å². The minimum absolute atomic E-state index is 0.0190. The number of anilines is 2. The van der Waals surface area contributed by atoms with Crippen LogP contribution in [-0.2, 0) is 4.79 Å². The lowest BCUT2D eigenvalue weighted by Gasteiger charge is -2.31. The summed E-state index contributed by atoms with van der Waals surface area (Å²) in [7, 11) is 1.84. The highest BCUT2D eigenvalue weighted by Crippen LogP contribution is 2.25. The van der Waals surface area contributed by atoms with Gasteiger partial charge in [0.2, 0.25) is 5.91 Å². The molecule has 0 aromatic carbocycles. The van der Waals surface area contributed by atoms with Crippen LogP contribution >= 0.6 is 0 Å². The van der Waals surface area contributed by atoms with Gasteiger partial charge in [-0.25, -0.2) is 9.97 Å². The first kappa shape index (κ1) is 12.7. The summed E-state index contributed by atoms with van der Waals surface area (Å²) in [6.07, 6.45) is 7.11. The van der Waals surface area contributed by atoms with E-state index in [1.807, 2.05) is 23.8 Å². The molecule has 0 aliphatic carbocycles. The van der Waals surface area contributed by atoms with Crippen LogP contribution in [0.3, 0.4) is 0 Å². The summed E-state index contributed by atoms with van der Waals surface area (Å²) >= 11 is 0. The molecule has 2 aromatic rings. The number of nitrogens with zero attached hydrogens (tertiary/aromatic N) is 4. The monoisotopic (exact) mass is 274 g/mol. The van der Waals surface area contributed by atoms with E-state index in [0.717, 1.165) is 43.2 Å². The van der Waals surface area contributed by atoms with Crippen molar-refractivity contribution in [1.29, 1.82) is 0 Å². The molecule has 3 N–H and O–H groups in total. The highest BCUT2D eigenvalue weighted by atomic mass is 16.1. The maximum absolute atomic E-state index is 11.2. The van der Waals surface area contributed by atoms with Gasteiger partial charge in [-0.2, -0.15) is 0 Å². The highest BCUT2D eigenvalue weighted by Gasteiger charge is 2.25. The summed E-state index contributed by atoms with van der Waals surface area (Å²) in [6, 6.07) is 0. The van der Waals surface area contributed by atoms with E-state index in [9.17, 15) is 4.79 Å². The van der Waals surface area contributed by atoms with Crippen LogP contribution in [0.1, 0.15) is 12.8 Å². The van der Waals surface area contributed by atoms with Gasteiger partial charge in [-0.05, 0) is 12.8 Å². The van der Waals surface area contributed by atoms with E-state index in [1.54, 1.807) is 6.20 Å². The second-order valence-corrected chi connectivity index (χ2v) is 5.02. The number of carbonyl (C=O) groups is 1. The topological polar surface area (TPSA) is 88.5 Å². The van der Waals surface area contributed by atoms with E-state index in [-0.39, 0.29) is 11.8 Å². The number of primary amides is 1. The number of nitrogens with two attached hydrogens (primary N) is 1. The summed E-state index contributed by atoms with van der Waals surface area (Å²) < 4.78 is 1.95. The van der Waals surface area contributed by atoms with Gasteiger partial charge in [0, 0.05) is 38.4 Å². The lowest BCUT2D eigenvalue weighted by Crippen LogP contribution is -2.39. The number of carbonyl (C=O) groups excluding carboxylic acids is 1. The second kappa shape index (κ2) is 4.99. The maximum Gasteiger partial charge on any atom is 0.220 e. The lowest BCUT2D eigenvalue weighted by molar-refractivity contribution is -0.122. The number of fused-ring (bicyclic) bond motifs is 1. The van der Waals surface area contributed by atoms with E-state index in [0.29, 0.717) is 0 Å². The number of imidazole rings is 1. The van der Waals surface area contributed by atoms with Crippen LogP contribution in [-0.4, -0.2) is 40.4 Å². The maximum atomic E-state index is 11.2. The molecule has 1 fully saturated rings. The molecule has 0 radical (unpaired) electrons. The summed E-state index contributed by atoms with van der Waals surface area (Å²) in [5, 5.41) is 3.05. The van der Waals surface area contributed by atoms with Gasteiger partial charge in [-0.15, -0.1) is 0 Å². The number of rotatable bonds is 3. The van der Waals surface area contributed by atoms with Crippen LogP contribution < -0.4 is 16.0 Å². The molecule has 7 heteroatoms. The Morgan fingerprint density at radius 3 is 2.85 bits per heavy atom. The Hall–Kier alpha value is -2.31. The Labute approximate surface area is 116 Å². The SMILES string of the molecule is CNc1cn2ccnc2c(N2CCC(C(N)=O)CC2)n1. The zero-order valence-electron chi connectivity index (χ0n) is 11.4. The van der Waals surface area contributed by atoms with E-state index in [2.05, 4.69) is 20.2 Å². The summed E-state index contributed by atoms with van der Waals surface area (Å²) in [4.78, 5) is 22.4. The van der Waals surface area contributed by atoms with Crippen LogP contribution in [0.4, 0.5) is 11.6 Å². The third-order valence-corrected chi connectivity index (χ3v) is 3.81. The van der Waals surface area contributed by atoms with Gasteiger partial charge in [0.1, 0.15) is 5.82 Å². The fourth-order valence-corrected chi connectivity index (χ4v) is 2.62. The molecule has 0 saturated carbocycles. The smallest absolute Gasteiger partial charge is 0.220 e. The van der Waals surface area contributed by atoms with Crippen molar-refractivity contribution in [1.82, 2.24) is 14.4 Å². The van der Waals surface area contributed by atoms with Crippen LogP contribution in [0.5, 0.6) is 0 Å². The molecule has 7 nitrogen and oxygen atoms in total. The normalized spacial score (nSPS) is 16.6. The predicted molar refractivity (Wildman–Crippen MR) is 76.7 cm³/mol. The summed E-state index contributed by atoms with van der Waals surface area (Å²) in [6.45, 7) is 1.55. The predicted octanol–water partition coefficient (Wildman–Crippen LogP) is 0.473. The van der Waals surface area contributed by atoms with Gasteiger partial charge in [-0.3, -0.25) is 4.79 Å². The molecule has 0 bridgehead atoms. The highest BCUT2D eigenvalue weighted by molar-refractivity contribution is 5.77. The van der Waals surface area contributed by atoms with Crippen molar-refractivity contribution in [3.05, 3.63) is 18.6 Å². The van der Waals surface area contributed by atoms with Gasteiger partial charge in [0.15, 0.2) is 11.5 Å². The van der Waals surface area contributed by atoms with Gasteiger partial charge in [0.25, 0.3) is 0 Å². The molecule has 3 heterocycles. The molecule has 1 amide bonds. The van der Waals surface area contributed by atoms with Crippen molar-refractivity contribution in [2.24, 2.45) is 11.7 Å².